The third kappa shape index (κ3) is 2.79. The van der Waals surface area contributed by atoms with Crippen molar-refractivity contribution in [3.63, 3.8) is 0 Å². The number of carboxylic acids is 1. The Morgan fingerprint density at radius 3 is 2.61 bits per heavy atom. The van der Waals surface area contributed by atoms with E-state index in [1.54, 1.807) is 6.07 Å². The minimum absolute atomic E-state index is 0.0539. The van der Waals surface area contributed by atoms with E-state index in [1.165, 1.54) is 30.5 Å². The van der Waals surface area contributed by atoms with E-state index in [0.29, 0.717) is 24.2 Å². The molecule has 2 heterocycles. The number of oxazole rings is 1. The number of amides is 1. The quantitative estimate of drug-likeness (QED) is 0.671. The van der Waals surface area contributed by atoms with Crippen molar-refractivity contribution >= 4 is 23.0 Å². The van der Waals surface area contributed by atoms with Crippen molar-refractivity contribution in [1.82, 2.24) is 9.97 Å². The zero-order chi connectivity index (χ0) is 20.1. The first-order chi connectivity index (χ1) is 13.2. The van der Waals surface area contributed by atoms with E-state index in [1.807, 2.05) is 0 Å². The third-order valence-corrected chi connectivity index (χ3v) is 5.00. The molecule has 0 bridgehead atoms. The van der Waals surface area contributed by atoms with Crippen LogP contribution in [0.2, 0.25) is 0 Å². The van der Waals surface area contributed by atoms with Crippen LogP contribution in [0.3, 0.4) is 0 Å². The fourth-order valence-electron chi connectivity index (χ4n) is 3.35. The summed E-state index contributed by atoms with van der Waals surface area (Å²) in [5.41, 5.74) is 4.81. The summed E-state index contributed by atoms with van der Waals surface area (Å²) in [7, 11) is 0. The molecule has 4 rings (SSSR count). The Morgan fingerprint density at radius 1 is 1.21 bits per heavy atom. The number of fused-ring (bicyclic) bond motifs is 1. The Balaban J connectivity index is 1.57. The van der Waals surface area contributed by atoms with Gasteiger partial charge in [0.05, 0.1) is 0 Å². The molecule has 28 heavy (non-hydrogen) atoms. The van der Waals surface area contributed by atoms with Crippen molar-refractivity contribution < 1.29 is 27.9 Å². The molecular weight excluding hydrogens is 372 g/mol. The van der Waals surface area contributed by atoms with Crippen LogP contribution in [0, 0.1) is 0 Å². The van der Waals surface area contributed by atoms with E-state index in [9.17, 15) is 18.4 Å². The van der Waals surface area contributed by atoms with Gasteiger partial charge >= 0.3 is 5.97 Å². The maximum atomic E-state index is 13.8. The number of nitrogens with zero attached hydrogens (tertiary/aromatic N) is 2. The normalized spacial score (nSPS) is 20.2. The second kappa shape index (κ2) is 6.08. The Labute approximate surface area is 157 Å². The largest absolute Gasteiger partial charge is 0.477 e. The molecule has 7 nitrogen and oxygen atoms in total. The highest BCUT2D eigenvalue weighted by atomic mass is 19.3. The number of benzene rings is 1. The lowest BCUT2D eigenvalue weighted by Gasteiger charge is -2.12. The SMILES string of the molecule is NC(=O)[C@@]1(c2ccc3nc(CCc4ccnc(C(=O)O)c4)oc3c2)CC1(F)F. The summed E-state index contributed by atoms with van der Waals surface area (Å²) in [6, 6.07) is 7.48. The lowest BCUT2D eigenvalue weighted by Crippen LogP contribution is -2.33. The number of nitrogens with two attached hydrogens (primary N) is 1. The van der Waals surface area contributed by atoms with Crippen LogP contribution in [0.25, 0.3) is 11.1 Å². The van der Waals surface area contributed by atoms with Gasteiger partial charge in [-0.25, -0.2) is 23.5 Å². The summed E-state index contributed by atoms with van der Waals surface area (Å²) in [4.78, 5) is 30.7. The Morgan fingerprint density at radius 2 is 1.96 bits per heavy atom. The summed E-state index contributed by atoms with van der Waals surface area (Å²) in [5, 5.41) is 8.98. The van der Waals surface area contributed by atoms with E-state index in [-0.39, 0.29) is 16.8 Å². The number of hydrogen-bond acceptors (Lipinski definition) is 5. The van der Waals surface area contributed by atoms with Crippen molar-refractivity contribution in [2.45, 2.75) is 30.6 Å². The average molecular weight is 387 g/mol. The molecule has 1 aliphatic rings. The van der Waals surface area contributed by atoms with Crippen LogP contribution in [0.4, 0.5) is 8.78 Å². The van der Waals surface area contributed by atoms with E-state index >= 15 is 0 Å². The monoisotopic (exact) mass is 387 g/mol. The molecule has 1 aromatic carbocycles. The number of carboxylic acid groups (broad SMARTS) is 1. The number of carbonyl (C=O) groups is 2. The molecule has 1 saturated carbocycles. The van der Waals surface area contributed by atoms with Gasteiger partial charge in [0.1, 0.15) is 16.6 Å². The number of alkyl halides is 2. The lowest BCUT2D eigenvalue weighted by atomic mass is 9.94. The van der Waals surface area contributed by atoms with Crippen molar-refractivity contribution in [1.29, 1.82) is 0 Å². The second-order valence-electron chi connectivity index (χ2n) is 6.80. The highest BCUT2D eigenvalue weighted by Gasteiger charge is 2.76. The summed E-state index contributed by atoms with van der Waals surface area (Å²) in [6.45, 7) is 0. The van der Waals surface area contributed by atoms with Crippen molar-refractivity contribution in [3.05, 3.63) is 59.2 Å². The third-order valence-electron chi connectivity index (χ3n) is 5.00. The number of aryl methyl sites for hydroxylation is 2. The van der Waals surface area contributed by atoms with Gasteiger partial charge in [0.15, 0.2) is 11.5 Å². The van der Waals surface area contributed by atoms with E-state index in [2.05, 4.69) is 9.97 Å². The molecule has 144 valence electrons. The van der Waals surface area contributed by atoms with Gasteiger partial charge in [-0.15, -0.1) is 0 Å². The van der Waals surface area contributed by atoms with Gasteiger partial charge in [0.2, 0.25) is 5.91 Å². The summed E-state index contributed by atoms with van der Waals surface area (Å²) >= 11 is 0. The molecule has 0 spiro atoms. The molecule has 2 aromatic heterocycles. The predicted molar refractivity (Wildman–Crippen MR) is 93.0 cm³/mol. The number of carbonyl (C=O) groups excluding carboxylic acids is 1. The molecule has 3 aromatic rings. The molecule has 1 atom stereocenters. The highest BCUT2D eigenvalue weighted by Crippen LogP contribution is 2.61. The van der Waals surface area contributed by atoms with Crippen LogP contribution in [-0.2, 0) is 23.1 Å². The number of primary amides is 1. The first-order valence-corrected chi connectivity index (χ1v) is 8.49. The molecular formula is C19H15F2N3O4. The molecule has 0 saturated heterocycles. The van der Waals surface area contributed by atoms with Crippen molar-refractivity contribution in [2.75, 3.05) is 0 Å². The Hall–Kier alpha value is -3.36. The summed E-state index contributed by atoms with van der Waals surface area (Å²) in [5.74, 6) is -4.98. The van der Waals surface area contributed by atoms with E-state index in [4.69, 9.17) is 15.3 Å². The molecule has 1 fully saturated rings. The molecule has 1 amide bonds. The summed E-state index contributed by atoms with van der Waals surface area (Å²) in [6.07, 6.45) is 1.64. The first kappa shape index (κ1) is 18.0. The van der Waals surface area contributed by atoms with Crippen LogP contribution in [0.1, 0.15) is 33.9 Å². The number of aromatic nitrogens is 2. The molecule has 0 aliphatic heterocycles. The number of hydrogen-bond donors (Lipinski definition) is 2. The number of pyridine rings is 1. The zero-order valence-electron chi connectivity index (χ0n) is 14.5. The van der Waals surface area contributed by atoms with Gasteiger partial charge in [-0.1, -0.05) is 6.07 Å². The van der Waals surface area contributed by atoms with Gasteiger partial charge in [-0.3, -0.25) is 4.79 Å². The average Bonchev–Trinajstić information content (AvgIpc) is 3.05. The van der Waals surface area contributed by atoms with Crippen LogP contribution in [0.15, 0.2) is 40.9 Å². The van der Waals surface area contributed by atoms with Gasteiger partial charge in [0.25, 0.3) is 5.92 Å². The fourth-order valence-corrected chi connectivity index (χ4v) is 3.35. The highest BCUT2D eigenvalue weighted by molar-refractivity contribution is 5.93. The Bertz CT molecular complexity index is 1110. The number of halogens is 2. The maximum absolute atomic E-state index is 13.8. The van der Waals surface area contributed by atoms with Gasteiger partial charge < -0.3 is 15.3 Å². The van der Waals surface area contributed by atoms with Gasteiger partial charge in [-0.2, -0.15) is 0 Å². The maximum Gasteiger partial charge on any atom is 0.354 e. The predicted octanol–water partition coefficient (Wildman–Crippen LogP) is 2.47. The molecule has 1 aliphatic carbocycles. The molecule has 0 radical (unpaired) electrons. The lowest BCUT2D eigenvalue weighted by molar-refractivity contribution is -0.122. The van der Waals surface area contributed by atoms with Crippen LogP contribution >= 0.6 is 0 Å². The standard InChI is InChI=1S/C19H15F2N3O4/c20-19(21)9-18(19,17(22)27)11-2-3-12-14(8-11)28-15(24-12)4-1-10-5-6-23-13(7-10)16(25)26/h2-3,5-8H,1,4,9H2,(H2,22,27)(H,25,26)/t18-/m0/s1. The molecule has 9 heteroatoms. The van der Waals surface area contributed by atoms with E-state index in [0.717, 1.165) is 5.56 Å². The van der Waals surface area contributed by atoms with Crippen molar-refractivity contribution in [2.24, 2.45) is 5.73 Å². The molecule has 0 unspecified atom stereocenters. The van der Waals surface area contributed by atoms with Crippen LogP contribution in [-0.4, -0.2) is 32.9 Å². The van der Waals surface area contributed by atoms with Gasteiger partial charge in [-0.05, 0) is 41.8 Å². The number of aromatic carboxylic acids is 1. The number of rotatable bonds is 6. The smallest absolute Gasteiger partial charge is 0.354 e. The topological polar surface area (TPSA) is 119 Å². The first-order valence-electron chi connectivity index (χ1n) is 8.49. The van der Waals surface area contributed by atoms with E-state index < -0.39 is 29.6 Å². The minimum Gasteiger partial charge on any atom is -0.477 e. The van der Waals surface area contributed by atoms with Crippen molar-refractivity contribution in [3.8, 4) is 0 Å². The minimum atomic E-state index is -3.17. The second-order valence-corrected chi connectivity index (χ2v) is 6.80. The fraction of sp³-hybridized carbons (Fsp3) is 0.263. The Kier molecular flexibility index (Phi) is 3.91. The molecule has 3 N–H and O–H groups in total. The summed E-state index contributed by atoms with van der Waals surface area (Å²) < 4.78 is 33.2. The van der Waals surface area contributed by atoms with Crippen LogP contribution < -0.4 is 5.73 Å². The van der Waals surface area contributed by atoms with Gasteiger partial charge in [0, 0.05) is 19.0 Å². The zero-order valence-corrected chi connectivity index (χ0v) is 14.5. The van der Waals surface area contributed by atoms with Crippen LogP contribution in [0.5, 0.6) is 0 Å².